The lowest BCUT2D eigenvalue weighted by atomic mass is 10.0. The lowest BCUT2D eigenvalue weighted by Gasteiger charge is -2.34. The van der Waals surface area contributed by atoms with E-state index in [1.807, 2.05) is 75.4 Å². The molecule has 0 heterocycles. The number of carbonyl (C=O) groups excluding carboxylic acids is 2. The molecule has 0 unspecified atom stereocenters. The maximum atomic E-state index is 14.5. The van der Waals surface area contributed by atoms with Gasteiger partial charge in [-0.1, -0.05) is 109 Å². The molecular weight excluding hydrogens is 606 g/mol. The maximum Gasteiger partial charge on any atom is 0.264 e. The Kier molecular flexibility index (Phi) is 11.8. The second-order valence-electron chi connectivity index (χ2n) is 11.2. The number of sulfonamides is 1. The number of halogens is 1. The highest BCUT2D eigenvalue weighted by Crippen LogP contribution is 2.27. The van der Waals surface area contributed by atoms with E-state index < -0.39 is 28.5 Å². The fourth-order valence-electron chi connectivity index (χ4n) is 5.06. The van der Waals surface area contributed by atoms with Gasteiger partial charge in [0.05, 0.1) is 10.6 Å². The second kappa shape index (κ2) is 15.7. The summed E-state index contributed by atoms with van der Waals surface area (Å²) in [4.78, 5) is 29.9. The molecule has 45 heavy (non-hydrogen) atoms. The summed E-state index contributed by atoms with van der Waals surface area (Å²) in [6, 6.07) is 29.2. The lowest BCUT2D eigenvalue weighted by Crippen LogP contribution is -2.53. The molecule has 0 aliphatic heterocycles. The SMILES string of the molecule is CCCCNC(=O)[C@H](Cc1ccccc1)N(Cc1cccc(C)c1)C(=O)CN(c1cccc(Cl)c1)S(=O)(=O)c1ccc(C)cc1. The van der Waals surface area contributed by atoms with Crippen LogP contribution in [0.15, 0.2) is 108 Å². The molecule has 0 radical (unpaired) electrons. The van der Waals surface area contributed by atoms with Crippen molar-refractivity contribution in [2.45, 2.75) is 57.5 Å². The molecule has 4 rings (SSSR count). The van der Waals surface area contributed by atoms with Gasteiger partial charge < -0.3 is 10.2 Å². The van der Waals surface area contributed by atoms with Crippen LogP contribution in [0.5, 0.6) is 0 Å². The van der Waals surface area contributed by atoms with Crippen LogP contribution in [-0.2, 0) is 32.6 Å². The molecule has 0 aromatic heterocycles. The van der Waals surface area contributed by atoms with Crippen molar-refractivity contribution in [3.8, 4) is 0 Å². The number of hydrogen-bond acceptors (Lipinski definition) is 4. The minimum Gasteiger partial charge on any atom is -0.354 e. The Morgan fingerprint density at radius 3 is 2.18 bits per heavy atom. The Balaban J connectivity index is 1.79. The van der Waals surface area contributed by atoms with Gasteiger partial charge in [-0.05, 0) is 61.7 Å². The molecule has 0 bridgehead atoms. The van der Waals surface area contributed by atoms with E-state index in [0.717, 1.165) is 39.4 Å². The van der Waals surface area contributed by atoms with Gasteiger partial charge in [0.15, 0.2) is 0 Å². The third-order valence-electron chi connectivity index (χ3n) is 7.52. The van der Waals surface area contributed by atoms with Crippen LogP contribution in [0.25, 0.3) is 0 Å². The van der Waals surface area contributed by atoms with Crippen LogP contribution in [0.1, 0.15) is 42.0 Å². The standard InChI is InChI=1S/C36H40ClN3O4S/c1-4-5-21-38-36(42)34(23-29-12-7-6-8-13-29)39(25-30-14-9-11-28(3)22-30)35(41)26-40(32-16-10-15-31(37)24-32)45(43,44)33-19-17-27(2)18-20-33/h6-20,22,24,34H,4-5,21,23,25-26H2,1-3H3,(H,38,42)/t34-/m0/s1. The van der Waals surface area contributed by atoms with Crippen LogP contribution in [-0.4, -0.2) is 44.3 Å². The molecule has 0 saturated heterocycles. The molecule has 236 valence electrons. The second-order valence-corrected chi connectivity index (χ2v) is 13.5. The Morgan fingerprint density at radius 2 is 1.51 bits per heavy atom. The number of benzene rings is 4. The first kappa shape index (κ1) is 33.7. The number of hydrogen-bond donors (Lipinski definition) is 1. The maximum absolute atomic E-state index is 14.5. The van der Waals surface area contributed by atoms with E-state index in [1.165, 1.54) is 23.1 Å². The van der Waals surface area contributed by atoms with Crippen molar-refractivity contribution in [3.63, 3.8) is 0 Å². The quantitative estimate of drug-likeness (QED) is 0.155. The molecule has 9 heteroatoms. The molecule has 0 aliphatic carbocycles. The minimum absolute atomic E-state index is 0.0456. The summed E-state index contributed by atoms with van der Waals surface area (Å²) < 4.78 is 29.3. The Morgan fingerprint density at radius 1 is 0.822 bits per heavy atom. The Bertz CT molecular complexity index is 1700. The summed E-state index contributed by atoms with van der Waals surface area (Å²) in [5.74, 6) is -0.803. The fraction of sp³-hybridized carbons (Fsp3) is 0.278. The van der Waals surface area contributed by atoms with Crippen molar-refractivity contribution in [1.82, 2.24) is 10.2 Å². The molecule has 0 saturated carbocycles. The van der Waals surface area contributed by atoms with Gasteiger partial charge in [-0.2, -0.15) is 0 Å². The Hall–Kier alpha value is -4.14. The summed E-state index contributed by atoms with van der Waals surface area (Å²) in [6.07, 6.45) is 1.96. The molecule has 2 amide bonds. The summed E-state index contributed by atoms with van der Waals surface area (Å²) in [7, 11) is -4.19. The van der Waals surface area contributed by atoms with Crippen molar-refractivity contribution >= 4 is 39.1 Å². The zero-order valence-electron chi connectivity index (χ0n) is 25.9. The van der Waals surface area contributed by atoms with E-state index in [2.05, 4.69) is 5.32 Å². The predicted octanol–water partition coefficient (Wildman–Crippen LogP) is 6.71. The third-order valence-corrected chi connectivity index (χ3v) is 9.54. The van der Waals surface area contributed by atoms with Crippen LogP contribution >= 0.6 is 11.6 Å². The molecule has 4 aromatic rings. The van der Waals surface area contributed by atoms with Crippen molar-refractivity contribution < 1.29 is 18.0 Å². The highest BCUT2D eigenvalue weighted by Gasteiger charge is 2.34. The average molecular weight is 646 g/mol. The normalized spacial score (nSPS) is 11.9. The third kappa shape index (κ3) is 9.19. The van der Waals surface area contributed by atoms with Gasteiger partial charge in [-0.3, -0.25) is 13.9 Å². The monoisotopic (exact) mass is 645 g/mol. The number of nitrogens with zero attached hydrogens (tertiary/aromatic N) is 2. The van der Waals surface area contributed by atoms with Gasteiger partial charge in [-0.25, -0.2) is 8.42 Å². The molecule has 0 fully saturated rings. The molecule has 0 aliphatic rings. The smallest absolute Gasteiger partial charge is 0.264 e. The summed E-state index contributed by atoms with van der Waals surface area (Å²) in [6.45, 7) is 5.94. The molecule has 7 nitrogen and oxygen atoms in total. The van der Waals surface area contributed by atoms with E-state index in [0.29, 0.717) is 11.6 Å². The Labute approximate surface area is 271 Å². The minimum atomic E-state index is -4.19. The topological polar surface area (TPSA) is 86.8 Å². The number of rotatable bonds is 14. The molecule has 0 spiro atoms. The van der Waals surface area contributed by atoms with E-state index in [1.54, 1.807) is 30.3 Å². The van der Waals surface area contributed by atoms with E-state index >= 15 is 0 Å². The van der Waals surface area contributed by atoms with E-state index in [-0.39, 0.29) is 29.5 Å². The van der Waals surface area contributed by atoms with Gasteiger partial charge in [0.2, 0.25) is 11.8 Å². The molecule has 4 aromatic carbocycles. The largest absolute Gasteiger partial charge is 0.354 e. The van der Waals surface area contributed by atoms with Crippen LogP contribution in [0.2, 0.25) is 5.02 Å². The molecule has 1 N–H and O–H groups in total. The number of anilines is 1. The number of carbonyl (C=O) groups is 2. The zero-order valence-corrected chi connectivity index (χ0v) is 27.5. The van der Waals surface area contributed by atoms with Gasteiger partial charge in [-0.15, -0.1) is 0 Å². The van der Waals surface area contributed by atoms with Gasteiger partial charge in [0.25, 0.3) is 10.0 Å². The van der Waals surface area contributed by atoms with Crippen LogP contribution in [0.4, 0.5) is 5.69 Å². The number of unbranched alkanes of at least 4 members (excludes halogenated alkanes) is 1. The summed E-state index contributed by atoms with van der Waals surface area (Å²) >= 11 is 6.30. The molecular formula is C36H40ClN3O4S. The van der Waals surface area contributed by atoms with Crippen molar-refractivity contribution in [3.05, 3.63) is 130 Å². The van der Waals surface area contributed by atoms with E-state index in [9.17, 15) is 18.0 Å². The van der Waals surface area contributed by atoms with Crippen molar-refractivity contribution in [2.24, 2.45) is 0 Å². The van der Waals surface area contributed by atoms with Crippen molar-refractivity contribution in [2.75, 3.05) is 17.4 Å². The van der Waals surface area contributed by atoms with Gasteiger partial charge in [0, 0.05) is 24.5 Å². The highest BCUT2D eigenvalue weighted by molar-refractivity contribution is 7.92. The fourth-order valence-corrected chi connectivity index (χ4v) is 6.66. The van der Waals surface area contributed by atoms with Gasteiger partial charge in [0.1, 0.15) is 12.6 Å². The first-order valence-electron chi connectivity index (χ1n) is 15.1. The average Bonchev–Trinajstić information content (AvgIpc) is 3.02. The summed E-state index contributed by atoms with van der Waals surface area (Å²) in [5, 5.41) is 3.34. The van der Waals surface area contributed by atoms with Crippen LogP contribution in [0.3, 0.4) is 0 Å². The van der Waals surface area contributed by atoms with Crippen molar-refractivity contribution in [1.29, 1.82) is 0 Å². The highest BCUT2D eigenvalue weighted by atomic mass is 35.5. The lowest BCUT2D eigenvalue weighted by molar-refractivity contribution is -0.140. The number of amides is 2. The van der Waals surface area contributed by atoms with Crippen LogP contribution in [0, 0.1) is 13.8 Å². The number of aryl methyl sites for hydroxylation is 2. The van der Waals surface area contributed by atoms with Crippen LogP contribution < -0.4 is 9.62 Å². The first-order valence-corrected chi connectivity index (χ1v) is 16.9. The predicted molar refractivity (Wildman–Crippen MR) is 181 cm³/mol. The first-order chi connectivity index (χ1) is 21.6. The number of nitrogens with one attached hydrogen (secondary N) is 1. The summed E-state index contributed by atoms with van der Waals surface area (Å²) in [5.41, 5.74) is 3.88. The van der Waals surface area contributed by atoms with E-state index in [4.69, 9.17) is 11.6 Å². The molecule has 1 atom stereocenters. The zero-order chi connectivity index (χ0) is 32.4. The van der Waals surface area contributed by atoms with Gasteiger partial charge >= 0.3 is 0 Å².